The smallest absolute Gasteiger partial charge is 0.312 e. The van der Waals surface area contributed by atoms with Gasteiger partial charge in [-0.05, 0) is 25.8 Å². The summed E-state index contributed by atoms with van der Waals surface area (Å²) < 4.78 is 0. The highest BCUT2D eigenvalue weighted by Crippen LogP contribution is 2.38. The lowest BCUT2D eigenvalue weighted by Gasteiger charge is -2.06. The Morgan fingerprint density at radius 1 is 1.64 bits per heavy atom. The van der Waals surface area contributed by atoms with Crippen LogP contribution in [0.15, 0.2) is 12.3 Å². The summed E-state index contributed by atoms with van der Waals surface area (Å²) in [6.07, 6.45) is 3.91. The van der Waals surface area contributed by atoms with Crippen LogP contribution in [0.1, 0.15) is 43.1 Å². The Morgan fingerprint density at radius 2 is 2.36 bits per heavy atom. The standard InChI is InChI=1S/C10H12N2O2/c1-6(10(13)14)8-4-5-11-9(12-8)7-2-3-7/h4-7H,2-3H2,1H3,(H,13,14). The molecule has 74 valence electrons. The maximum atomic E-state index is 10.7. The van der Waals surface area contributed by atoms with Gasteiger partial charge in [-0.25, -0.2) is 9.97 Å². The molecule has 1 aromatic rings. The molecule has 4 heteroatoms. The number of rotatable bonds is 3. The molecule has 1 unspecified atom stereocenters. The van der Waals surface area contributed by atoms with Crippen molar-refractivity contribution in [3.63, 3.8) is 0 Å². The molecule has 0 aromatic carbocycles. The highest BCUT2D eigenvalue weighted by atomic mass is 16.4. The van der Waals surface area contributed by atoms with E-state index in [1.54, 1.807) is 19.2 Å². The molecule has 4 nitrogen and oxygen atoms in total. The molecule has 1 N–H and O–H groups in total. The van der Waals surface area contributed by atoms with Gasteiger partial charge in [0.15, 0.2) is 0 Å². The first-order valence-corrected chi connectivity index (χ1v) is 4.74. The summed E-state index contributed by atoms with van der Waals surface area (Å²) in [5.41, 5.74) is 0.606. The predicted molar refractivity (Wildman–Crippen MR) is 50.1 cm³/mol. The third kappa shape index (κ3) is 1.73. The Labute approximate surface area is 82.0 Å². The van der Waals surface area contributed by atoms with Crippen LogP contribution in [0.5, 0.6) is 0 Å². The average Bonchev–Trinajstić information content (AvgIpc) is 3.00. The maximum Gasteiger partial charge on any atom is 0.312 e. The van der Waals surface area contributed by atoms with Crippen LogP contribution in [0.4, 0.5) is 0 Å². The van der Waals surface area contributed by atoms with Crippen molar-refractivity contribution in [3.8, 4) is 0 Å². The highest BCUT2D eigenvalue weighted by molar-refractivity contribution is 5.74. The van der Waals surface area contributed by atoms with Crippen molar-refractivity contribution in [1.29, 1.82) is 0 Å². The lowest BCUT2D eigenvalue weighted by molar-refractivity contribution is -0.138. The van der Waals surface area contributed by atoms with E-state index < -0.39 is 11.9 Å². The second kappa shape index (κ2) is 3.36. The number of hydrogen-bond donors (Lipinski definition) is 1. The molecule has 1 saturated carbocycles. The number of aliphatic carboxylic acids is 1. The minimum atomic E-state index is -0.842. The molecule has 0 radical (unpaired) electrons. The van der Waals surface area contributed by atoms with Gasteiger partial charge in [0, 0.05) is 12.1 Å². The van der Waals surface area contributed by atoms with Crippen LogP contribution in [-0.4, -0.2) is 21.0 Å². The Bertz CT molecular complexity index is 361. The van der Waals surface area contributed by atoms with Gasteiger partial charge in [-0.2, -0.15) is 0 Å². The van der Waals surface area contributed by atoms with Crippen LogP contribution in [0, 0.1) is 0 Å². The molecule has 2 rings (SSSR count). The van der Waals surface area contributed by atoms with Crippen molar-refractivity contribution >= 4 is 5.97 Å². The molecular weight excluding hydrogens is 180 g/mol. The van der Waals surface area contributed by atoms with E-state index in [9.17, 15) is 4.79 Å². The van der Waals surface area contributed by atoms with E-state index in [2.05, 4.69) is 9.97 Å². The molecule has 1 heterocycles. The third-order valence-electron chi connectivity index (χ3n) is 2.45. The molecule has 1 aliphatic rings. The first kappa shape index (κ1) is 9.12. The second-order valence-electron chi connectivity index (χ2n) is 3.67. The monoisotopic (exact) mass is 192 g/mol. The van der Waals surface area contributed by atoms with Crippen molar-refractivity contribution in [3.05, 3.63) is 23.8 Å². The van der Waals surface area contributed by atoms with Gasteiger partial charge in [0.2, 0.25) is 0 Å². The number of hydrogen-bond acceptors (Lipinski definition) is 3. The van der Waals surface area contributed by atoms with Gasteiger partial charge in [0.05, 0.1) is 11.6 Å². The van der Waals surface area contributed by atoms with E-state index in [1.165, 1.54) is 0 Å². The summed E-state index contributed by atoms with van der Waals surface area (Å²) in [5, 5.41) is 8.82. The molecule has 0 amide bonds. The Kier molecular flexibility index (Phi) is 2.19. The van der Waals surface area contributed by atoms with Crippen molar-refractivity contribution in [2.45, 2.75) is 31.6 Å². The van der Waals surface area contributed by atoms with E-state index in [0.717, 1.165) is 18.7 Å². The Morgan fingerprint density at radius 3 is 2.93 bits per heavy atom. The molecule has 1 fully saturated rings. The van der Waals surface area contributed by atoms with Gasteiger partial charge >= 0.3 is 5.97 Å². The van der Waals surface area contributed by atoms with Crippen LogP contribution >= 0.6 is 0 Å². The van der Waals surface area contributed by atoms with E-state index in [1.807, 2.05) is 0 Å². The average molecular weight is 192 g/mol. The van der Waals surface area contributed by atoms with Gasteiger partial charge in [0.25, 0.3) is 0 Å². The largest absolute Gasteiger partial charge is 0.481 e. The topological polar surface area (TPSA) is 63.1 Å². The fraction of sp³-hybridized carbons (Fsp3) is 0.500. The van der Waals surface area contributed by atoms with E-state index in [4.69, 9.17) is 5.11 Å². The minimum Gasteiger partial charge on any atom is -0.481 e. The molecule has 0 spiro atoms. The number of carboxylic acid groups (broad SMARTS) is 1. The number of carbonyl (C=O) groups is 1. The number of nitrogens with zero attached hydrogens (tertiary/aromatic N) is 2. The maximum absolute atomic E-state index is 10.7. The van der Waals surface area contributed by atoms with Gasteiger partial charge in [0.1, 0.15) is 5.82 Å². The quantitative estimate of drug-likeness (QED) is 0.789. The first-order chi connectivity index (χ1) is 6.68. The fourth-order valence-corrected chi connectivity index (χ4v) is 1.29. The third-order valence-corrected chi connectivity index (χ3v) is 2.45. The summed E-state index contributed by atoms with van der Waals surface area (Å²) in [6.45, 7) is 1.64. The molecular formula is C10H12N2O2. The summed E-state index contributed by atoms with van der Waals surface area (Å²) >= 11 is 0. The van der Waals surface area contributed by atoms with Gasteiger partial charge in [-0.1, -0.05) is 0 Å². The first-order valence-electron chi connectivity index (χ1n) is 4.74. The van der Waals surface area contributed by atoms with Crippen LogP contribution in [0.25, 0.3) is 0 Å². The Hall–Kier alpha value is -1.45. The highest BCUT2D eigenvalue weighted by Gasteiger charge is 2.27. The lowest BCUT2D eigenvalue weighted by Crippen LogP contribution is -2.10. The van der Waals surface area contributed by atoms with Crippen molar-refractivity contribution < 1.29 is 9.90 Å². The SMILES string of the molecule is CC(C(=O)O)c1ccnc(C2CC2)n1. The summed E-state index contributed by atoms with van der Waals surface area (Å²) in [5.74, 6) is -0.118. The summed E-state index contributed by atoms with van der Waals surface area (Å²) in [4.78, 5) is 19.1. The van der Waals surface area contributed by atoms with Crippen LogP contribution in [-0.2, 0) is 4.79 Å². The van der Waals surface area contributed by atoms with E-state index in [0.29, 0.717) is 11.6 Å². The van der Waals surface area contributed by atoms with Crippen molar-refractivity contribution in [1.82, 2.24) is 9.97 Å². The van der Waals surface area contributed by atoms with E-state index in [-0.39, 0.29) is 0 Å². The Balaban J connectivity index is 2.25. The van der Waals surface area contributed by atoms with Crippen molar-refractivity contribution in [2.75, 3.05) is 0 Å². The zero-order valence-electron chi connectivity index (χ0n) is 7.97. The summed E-state index contributed by atoms with van der Waals surface area (Å²) in [6, 6.07) is 1.67. The number of carboxylic acids is 1. The zero-order valence-corrected chi connectivity index (χ0v) is 7.97. The van der Waals surface area contributed by atoms with Crippen molar-refractivity contribution in [2.24, 2.45) is 0 Å². The molecule has 1 aliphatic carbocycles. The van der Waals surface area contributed by atoms with E-state index >= 15 is 0 Å². The molecule has 14 heavy (non-hydrogen) atoms. The fourth-order valence-electron chi connectivity index (χ4n) is 1.29. The number of aromatic nitrogens is 2. The lowest BCUT2D eigenvalue weighted by atomic mass is 10.1. The summed E-state index contributed by atoms with van der Waals surface area (Å²) in [7, 11) is 0. The molecule has 0 aliphatic heterocycles. The van der Waals surface area contributed by atoms with Crippen LogP contribution < -0.4 is 0 Å². The minimum absolute atomic E-state index is 0.468. The molecule has 0 bridgehead atoms. The van der Waals surface area contributed by atoms with Gasteiger partial charge in [-0.15, -0.1) is 0 Å². The second-order valence-corrected chi connectivity index (χ2v) is 3.67. The molecule has 1 aromatic heterocycles. The van der Waals surface area contributed by atoms with Crippen LogP contribution in [0.3, 0.4) is 0 Å². The zero-order chi connectivity index (χ0) is 10.1. The van der Waals surface area contributed by atoms with Gasteiger partial charge in [-0.3, -0.25) is 4.79 Å². The normalized spacial score (nSPS) is 17.8. The van der Waals surface area contributed by atoms with Gasteiger partial charge < -0.3 is 5.11 Å². The van der Waals surface area contributed by atoms with Crippen LogP contribution in [0.2, 0.25) is 0 Å². The molecule has 0 saturated heterocycles. The molecule has 1 atom stereocenters. The predicted octanol–water partition coefficient (Wildman–Crippen LogP) is 1.54.